The van der Waals surface area contributed by atoms with Crippen molar-refractivity contribution < 1.29 is 23.8 Å². The van der Waals surface area contributed by atoms with Gasteiger partial charge in [-0.25, -0.2) is 9.18 Å². The molecule has 0 fully saturated rings. The highest BCUT2D eigenvalue weighted by Gasteiger charge is 2.13. The second-order valence-corrected chi connectivity index (χ2v) is 5.14. The number of aliphatic hydroxyl groups excluding tert-OH is 1. The maximum absolute atomic E-state index is 12.9. The molecular weight excluding hydrogens is 295 g/mol. The van der Waals surface area contributed by atoms with Gasteiger partial charge in [0.2, 0.25) is 5.76 Å². The molecule has 0 saturated heterocycles. The fourth-order valence-corrected chi connectivity index (χ4v) is 2.52. The molecule has 0 amide bonds. The molecule has 6 heteroatoms. The molecule has 1 aromatic carbocycles. The van der Waals surface area contributed by atoms with Crippen molar-refractivity contribution in [3.05, 3.63) is 58.9 Å². The second-order valence-electron chi connectivity index (χ2n) is 4.06. The van der Waals surface area contributed by atoms with Crippen molar-refractivity contribution in [3.8, 4) is 10.4 Å². The predicted molar refractivity (Wildman–Crippen MR) is 76.8 cm³/mol. The Labute approximate surface area is 124 Å². The van der Waals surface area contributed by atoms with E-state index in [9.17, 15) is 19.1 Å². The van der Waals surface area contributed by atoms with Gasteiger partial charge < -0.3 is 9.84 Å². The Bertz CT molecular complexity index is 701. The zero-order valence-corrected chi connectivity index (χ0v) is 11.8. The number of allylic oxidation sites excluding steroid dienone is 1. The molecule has 0 unspecified atom stereocenters. The minimum absolute atomic E-state index is 0.336. The van der Waals surface area contributed by atoms with Crippen LogP contribution in [-0.2, 0) is 9.53 Å². The van der Waals surface area contributed by atoms with E-state index in [1.54, 1.807) is 24.3 Å². The maximum atomic E-state index is 12.9. The highest BCUT2D eigenvalue weighted by Crippen LogP contribution is 2.28. The van der Waals surface area contributed by atoms with Crippen molar-refractivity contribution in [3.63, 3.8) is 0 Å². The third kappa shape index (κ3) is 3.55. The highest BCUT2D eigenvalue weighted by atomic mass is 32.1. The zero-order chi connectivity index (χ0) is 15.4. The van der Waals surface area contributed by atoms with Gasteiger partial charge in [-0.2, -0.15) is 0 Å². The van der Waals surface area contributed by atoms with E-state index in [1.807, 2.05) is 0 Å². The molecular formula is C15H11FO4S. The Balaban J connectivity index is 2.22. The molecule has 0 saturated carbocycles. The molecule has 2 rings (SSSR count). The molecule has 4 nitrogen and oxygen atoms in total. The number of ether oxygens (including phenoxy) is 1. The lowest BCUT2D eigenvalue weighted by Gasteiger charge is -1.97. The Kier molecular flexibility index (Phi) is 4.49. The van der Waals surface area contributed by atoms with Crippen molar-refractivity contribution >= 4 is 23.1 Å². The number of thiophene rings is 1. The number of esters is 1. The van der Waals surface area contributed by atoms with Gasteiger partial charge in [-0.3, -0.25) is 4.79 Å². The number of rotatable bonds is 4. The molecule has 2 aromatic rings. The molecule has 0 aliphatic heterocycles. The number of halogens is 1. The fourth-order valence-electron chi connectivity index (χ4n) is 1.60. The molecule has 1 aromatic heterocycles. The van der Waals surface area contributed by atoms with Crippen molar-refractivity contribution in [2.75, 3.05) is 7.11 Å². The average Bonchev–Trinajstić information content (AvgIpc) is 2.97. The topological polar surface area (TPSA) is 63.6 Å². The van der Waals surface area contributed by atoms with Crippen molar-refractivity contribution in [2.24, 2.45) is 0 Å². The summed E-state index contributed by atoms with van der Waals surface area (Å²) in [7, 11) is 1.11. The lowest BCUT2D eigenvalue weighted by molar-refractivity contribution is -0.139. The smallest absolute Gasteiger partial charge is 0.373 e. The monoisotopic (exact) mass is 306 g/mol. The molecule has 0 bridgehead atoms. The summed E-state index contributed by atoms with van der Waals surface area (Å²) in [5, 5.41) is 9.33. The van der Waals surface area contributed by atoms with Gasteiger partial charge in [0, 0.05) is 11.0 Å². The van der Waals surface area contributed by atoms with E-state index in [2.05, 4.69) is 4.74 Å². The fraction of sp³-hybridized carbons (Fsp3) is 0.0667. The second kappa shape index (κ2) is 6.32. The van der Waals surface area contributed by atoms with Crippen LogP contribution in [0.4, 0.5) is 4.39 Å². The maximum Gasteiger partial charge on any atom is 0.373 e. The van der Waals surface area contributed by atoms with E-state index in [0.29, 0.717) is 4.88 Å². The Morgan fingerprint density at radius 3 is 2.48 bits per heavy atom. The molecule has 0 atom stereocenters. The van der Waals surface area contributed by atoms with E-state index >= 15 is 0 Å². The van der Waals surface area contributed by atoms with Gasteiger partial charge in [0.25, 0.3) is 0 Å². The highest BCUT2D eigenvalue weighted by molar-refractivity contribution is 7.17. The summed E-state index contributed by atoms with van der Waals surface area (Å²) in [5.74, 6) is -2.56. The first-order valence-corrected chi connectivity index (χ1v) is 6.72. The molecule has 0 aliphatic carbocycles. The van der Waals surface area contributed by atoms with Crippen LogP contribution in [0.25, 0.3) is 10.4 Å². The van der Waals surface area contributed by atoms with Gasteiger partial charge in [0.15, 0.2) is 5.78 Å². The molecule has 108 valence electrons. The molecule has 0 aliphatic rings. The molecule has 1 N–H and O–H groups in total. The summed E-state index contributed by atoms with van der Waals surface area (Å²) in [5.41, 5.74) is 0.779. The van der Waals surface area contributed by atoms with E-state index in [4.69, 9.17) is 0 Å². The third-order valence-electron chi connectivity index (χ3n) is 2.64. The van der Waals surface area contributed by atoms with Crippen LogP contribution in [-0.4, -0.2) is 24.0 Å². The summed E-state index contributed by atoms with van der Waals surface area (Å²) >= 11 is 1.18. The molecule has 0 radical (unpaired) electrons. The SMILES string of the molecule is COC(=O)/C(O)=C/C(=O)c1ccc(-c2ccc(F)cc2)s1. The van der Waals surface area contributed by atoms with Gasteiger partial charge in [0.05, 0.1) is 12.0 Å². The van der Waals surface area contributed by atoms with Crippen LogP contribution in [0, 0.1) is 5.82 Å². The van der Waals surface area contributed by atoms with E-state index < -0.39 is 17.5 Å². The Morgan fingerprint density at radius 1 is 1.19 bits per heavy atom. The van der Waals surface area contributed by atoms with Gasteiger partial charge in [-0.05, 0) is 29.8 Å². The molecule has 21 heavy (non-hydrogen) atoms. The summed E-state index contributed by atoms with van der Waals surface area (Å²) in [6, 6.07) is 9.17. The van der Waals surface area contributed by atoms with Crippen LogP contribution in [0.15, 0.2) is 48.2 Å². The van der Waals surface area contributed by atoms with Crippen molar-refractivity contribution in [1.82, 2.24) is 0 Å². The number of methoxy groups -OCH3 is 1. The van der Waals surface area contributed by atoms with Gasteiger partial charge in [-0.1, -0.05) is 12.1 Å². The van der Waals surface area contributed by atoms with E-state index in [-0.39, 0.29) is 5.82 Å². The minimum atomic E-state index is -0.973. The van der Waals surface area contributed by atoms with Crippen molar-refractivity contribution in [1.29, 1.82) is 0 Å². The van der Waals surface area contributed by atoms with Crippen molar-refractivity contribution in [2.45, 2.75) is 0 Å². The van der Waals surface area contributed by atoms with Crippen LogP contribution >= 0.6 is 11.3 Å². The van der Waals surface area contributed by atoms with Crippen LogP contribution in [0.5, 0.6) is 0 Å². The van der Waals surface area contributed by atoms with Gasteiger partial charge in [-0.15, -0.1) is 11.3 Å². The van der Waals surface area contributed by atoms with Gasteiger partial charge >= 0.3 is 5.97 Å². The number of benzene rings is 1. The first-order valence-electron chi connectivity index (χ1n) is 5.90. The van der Waals surface area contributed by atoms with Crippen LogP contribution in [0.2, 0.25) is 0 Å². The number of aliphatic hydroxyl groups is 1. The zero-order valence-electron chi connectivity index (χ0n) is 11.0. The number of hydrogen-bond donors (Lipinski definition) is 1. The van der Waals surface area contributed by atoms with Gasteiger partial charge in [0.1, 0.15) is 5.82 Å². The quantitative estimate of drug-likeness (QED) is 0.407. The number of ketones is 1. The normalized spacial score (nSPS) is 11.2. The summed E-state index contributed by atoms with van der Waals surface area (Å²) < 4.78 is 17.2. The minimum Gasteiger partial charge on any atom is -0.502 e. The lowest BCUT2D eigenvalue weighted by Crippen LogP contribution is -2.06. The van der Waals surface area contributed by atoms with Crippen LogP contribution < -0.4 is 0 Å². The molecule has 0 spiro atoms. The molecule has 1 heterocycles. The first-order chi connectivity index (χ1) is 10.0. The number of carbonyl (C=O) groups is 2. The Morgan fingerprint density at radius 2 is 1.86 bits per heavy atom. The lowest BCUT2D eigenvalue weighted by atomic mass is 10.2. The number of hydrogen-bond acceptors (Lipinski definition) is 5. The standard InChI is InChI=1S/C15H11FO4S/c1-20-15(19)12(18)8-11(17)14-7-6-13(21-14)9-2-4-10(16)5-3-9/h2-8,18H,1H3/b12-8-. The summed E-state index contributed by atoms with van der Waals surface area (Å²) in [6.45, 7) is 0. The summed E-state index contributed by atoms with van der Waals surface area (Å²) in [6.07, 6.45) is 0.812. The number of carbonyl (C=O) groups excluding carboxylic acids is 2. The largest absolute Gasteiger partial charge is 0.502 e. The Hall–Kier alpha value is -2.47. The van der Waals surface area contributed by atoms with E-state index in [1.165, 1.54) is 23.5 Å². The predicted octanol–water partition coefficient (Wildman–Crippen LogP) is 3.35. The van der Waals surface area contributed by atoms with Crippen LogP contribution in [0.3, 0.4) is 0 Å². The first kappa shape index (κ1) is 14.9. The summed E-state index contributed by atoms with van der Waals surface area (Å²) in [4.78, 5) is 24.0. The van der Waals surface area contributed by atoms with Crippen LogP contribution in [0.1, 0.15) is 9.67 Å². The average molecular weight is 306 g/mol. The van der Waals surface area contributed by atoms with E-state index in [0.717, 1.165) is 23.6 Å². The third-order valence-corrected chi connectivity index (χ3v) is 3.79.